The zero-order valence-electron chi connectivity index (χ0n) is 12.7. The molecule has 5 atom stereocenters. The van der Waals surface area contributed by atoms with Gasteiger partial charge < -0.3 is 29.2 Å². The van der Waals surface area contributed by atoms with Gasteiger partial charge in [0.25, 0.3) is 0 Å². The second kappa shape index (κ2) is 5.87. The molecule has 20 heavy (non-hydrogen) atoms. The maximum absolute atomic E-state index is 9.97. The van der Waals surface area contributed by atoms with Crippen molar-refractivity contribution >= 4 is 0 Å². The Morgan fingerprint density at radius 1 is 1.25 bits per heavy atom. The Bertz CT molecular complexity index is 334. The third-order valence-corrected chi connectivity index (χ3v) is 3.92. The Morgan fingerprint density at radius 3 is 2.55 bits per heavy atom. The first-order valence-electron chi connectivity index (χ1n) is 7.28. The van der Waals surface area contributed by atoms with Crippen molar-refractivity contribution in [2.45, 2.75) is 76.5 Å². The van der Waals surface area contributed by atoms with Gasteiger partial charge in [0.05, 0.1) is 6.61 Å². The number of hydrogen-bond donors (Lipinski definition) is 2. The highest BCUT2D eigenvalue weighted by atomic mass is 16.8. The molecule has 6 heteroatoms. The van der Waals surface area contributed by atoms with E-state index in [1.165, 1.54) is 0 Å². The molecule has 2 saturated heterocycles. The quantitative estimate of drug-likeness (QED) is 0.704. The van der Waals surface area contributed by atoms with E-state index in [-0.39, 0.29) is 6.61 Å². The second-order valence-corrected chi connectivity index (χ2v) is 6.12. The summed E-state index contributed by atoms with van der Waals surface area (Å²) in [5.74, 6) is -0.736. The molecule has 0 spiro atoms. The van der Waals surface area contributed by atoms with Crippen LogP contribution in [0.1, 0.15) is 40.5 Å². The molecule has 2 fully saturated rings. The third kappa shape index (κ3) is 2.86. The van der Waals surface area contributed by atoms with Gasteiger partial charge in [0.15, 0.2) is 12.1 Å². The van der Waals surface area contributed by atoms with Crippen LogP contribution >= 0.6 is 0 Å². The first kappa shape index (κ1) is 16.1. The molecular weight excluding hydrogens is 264 g/mol. The molecule has 118 valence electrons. The number of aliphatic hydroxyl groups is 2. The van der Waals surface area contributed by atoms with E-state index < -0.39 is 36.0 Å². The van der Waals surface area contributed by atoms with E-state index in [0.29, 0.717) is 6.61 Å². The van der Waals surface area contributed by atoms with Crippen LogP contribution in [0.2, 0.25) is 0 Å². The van der Waals surface area contributed by atoms with Gasteiger partial charge in [0.2, 0.25) is 0 Å². The minimum Gasteiger partial charge on any atom is -0.394 e. The summed E-state index contributed by atoms with van der Waals surface area (Å²) in [5, 5.41) is 19.2. The van der Waals surface area contributed by atoms with Gasteiger partial charge in [0.1, 0.15) is 23.9 Å². The maximum Gasteiger partial charge on any atom is 0.190 e. The Labute approximate surface area is 120 Å². The lowest BCUT2D eigenvalue weighted by molar-refractivity contribution is -0.248. The molecular formula is C14H26O6. The van der Waals surface area contributed by atoms with Gasteiger partial charge in [-0.1, -0.05) is 13.3 Å². The Morgan fingerprint density at radius 2 is 1.95 bits per heavy atom. The summed E-state index contributed by atoms with van der Waals surface area (Å²) in [7, 11) is 0. The van der Waals surface area contributed by atoms with Crippen LogP contribution < -0.4 is 0 Å². The summed E-state index contributed by atoms with van der Waals surface area (Å²) in [4.78, 5) is 0. The molecule has 0 aromatic rings. The Balaban J connectivity index is 2.15. The van der Waals surface area contributed by atoms with Crippen LogP contribution in [-0.4, -0.2) is 59.4 Å². The van der Waals surface area contributed by atoms with Gasteiger partial charge >= 0.3 is 0 Å². The van der Waals surface area contributed by atoms with E-state index in [9.17, 15) is 10.2 Å². The van der Waals surface area contributed by atoms with Crippen molar-refractivity contribution in [3.8, 4) is 0 Å². The minimum atomic E-state index is -1.03. The zero-order chi connectivity index (χ0) is 15.0. The van der Waals surface area contributed by atoms with Crippen molar-refractivity contribution in [2.24, 2.45) is 0 Å². The molecule has 2 rings (SSSR count). The molecule has 6 nitrogen and oxygen atoms in total. The van der Waals surface area contributed by atoms with E-state index in [0.717, 1.165) is 12.8 Å². The van der Waals surface area contributed by atoms with E-state index >= 15 is 0 Å². The lowest BCUT2D eigenvalue weighted by atomic mass is 9.91. The summed E-state index contributed by atoms with van der Waals surface area (Å²) >= 11 is 0. The maximum atomic E-state index is 9.97. The molecule has 0 bridgehead atoms. The summed E-state index contributed by atoms with van der Waals surface area (Å²) in [6, 6.07) is 0. The van der Waals surface area contributed by atoms with Crippen molar-refractivity contribution in [2.75, 3.05) is 13.2 Å². The fraction of sp³-hybridized carbons (Fsp3) is 1.00. The van der Waals surface area contributed by atoms with Crippen molar-refractivity contribution in [3.05, 3.63) is 0 Å². The van der Waals surface area contributed by atoms with Crippen LogP contribution in [0.4, 0.5) is 0 Å². The molecule has 2 N–H and O–H groups in total. The SMILES string of the molecule is CCCCO[C@]1(C)C([C@H](O)CO)O[C@@H]2OC(C)(C)O[C@@H]21. The van der Waals surface area contributed by atoms with Crippen LogP contribution in [0.15, 0.2) is 0 Å². The van der Waals surface area contributed by atoms with Gasteiger partial charge in [-0.15, -0.1) is 0 Å². The molecule has 2 aliphatic heterocycles. The highest BCUT2D eigenvalue weighted by Crippen LogP contribution is 2.45. The van der Waals surface area contributed by atoms with Crippen LogP contribution in [0, 0.1) is 0 Å². The topological polar surface area (TPSA) is 77.4 Å². The third-order valence-electron chi connectivity index (χ3n) is 3.92. The molecule has 1 unspecified atom stereocenters. The predicted octanol–water partition coefficient (Wildman–Crippen LogP) is 0.791. The first-order valence-corrected chi connectivity index (χ1v) is 7.28. The smallest absolute Gasteiger partial charge is 0.190 e. The van der Waals surface area contributed by atoms with E-state index in [4.69, 9.17) is 18.9 Å². The molecule has 0 saturated carbocycles. The normalized spacial score (nSPS) is 40.8. The van der Waals surface area contributed by atoms with Crippen molar-refractivity contribution in [1.82, 2.24) is 0 Å². The fourth-order valence-corrected chi connectivity index (χ4v) is 2.83. The molecule has 0 amide bonds. The highest BCUT2D eigenvalue weighted by Gasteiger charge is 2.63. The van der Waals surface area contributed by atoms with Crippen LogP contribution in [-0.2, 0) is 18.9 Å². The van der Waals surface area contributed by atoms with E-state index in [1.807, 2.05) is 20.8 Å². The number of unbranched alkanes of at least 4 members (excludes halogenated alkanes) is 1. The standard InChI is InChI=1S/C14H26O6/c1-5-6-7-17-14(4)10(9(16)8-15)18-12-11(14)19-13(2,3)20-12/h9-12,15-16H,5-8H2,1-4H3/t9-,10?,11+,12-,14-/m1/s1. The summed E-state index contributed by atoms with van der Waals surface area (Å²) in [5.41, 5.74) is -0.838. The van der Waals surface area contributed by atoms with Crippen molar-refractivity contribution in [3.63, 3.8) is 0 Å². The molecule has 2 aliphatic rings. The molecule has 0 aromatic carbocycles. The summed E-state index contributed by atoms with van der Waals surface area (Å²) in [6.07, 6.45) is -0.762. The number of aliphatic hydroxyl groups excluding tert-OH is 2. The van der Waals surface area contributed by atoms with E-state index in [2.05, 4.69) is 6.92 Å². The van der Waals surface area contributed by atoms with Gasteiger partial charge in [-0.3, -0.25) is 0 Å². The van der Waals surface area contributed by atoms with E-state index in [1.54, 1.807) is 0 Å². The minimum absolute atomic E-state index is 0.389. The average Bonchev–Trinajstić information content (AvgIpc) is 2.82. The number of hydrogen-bond acceptors (Lipinski definition) is 6. The van der Waals surface area contributed by atoms with Crippen molar-refractivity contribution in [1.29, 1.82) is 0 Å². The molecule has 0 radical (unpaired) electrons. The van der Waals surface area contributed by atoms with Gasteiger partial charge in [-0.05, 0) is 27.2 Å². The number of fused-ring (bicyclic) bond motifs is 1. The van der Waals surface area contributed by atoms with Gasteiger partial charge in [0, 0.05) is 6.61 Å². The number of rotatable bonds is 6. The molecule has 0 aromatic heterocycles. The Kier molecular flexibility index (Phi) is 4.73. The summed E-state index contributed by atoms with van der Waals surface area (Å²) < 4.78 is 23.3. The van der Waals surface area contributed by atoms with Crippen LogP contribution in [0.25, 0.3) is 0 Å². The zero-order valence-corrected chi connectivity index (χ0v) is 12.7. The second-order valence-electron chi connectivity index (χ2n) is 6.12. The monoisotopic (exact) mass is 290 g/mol. The first-order chi connectivity index (χ1) is 9.34. The Hall–Kier alpha value is -0.240. The largest absolute Gasteiger partial charge is 0.394 e. The lowest BCUT2D eigenvalue weighted by Crippen LogP contribution is -2.53. The van der Waals surface area contributed by atoms with Gasteiger partial charge in [-0.25, -0.2) is 0 Å². The predicted molar refractivity (Wildman–Crippen MR) is 71.1 cm³/mol. The van der Waals surface area contributed by atoms with Gasteiger partial charge in [-0.2, -0.15) is 0 Å². The fourth-order valence-electron chi connectivity index (χ4n) is 2.83. The van der Waals surface area contributed by atoms with Crippen LogP contribution in [0.3, 0.4) is 0 Å². The van der Waals surface area contributed by atoms with Crippen molar-refractivity contribution < 1.29 is 29.2 Å². The summed E-state index contributed by atoms with van der Waals surface area (Å²) in [6.45, 7) is 7.73. The van der Waals surface area contributed by atoms with Crippen LogP contribution in [0.5, 0.6) is 0 Å². The average molecular weight is 290 g/mol. The lowest BCUT2D eigenvalue weighted by Gasteiger charge is -2.36. The molecule has 0 aliphatic carbocycles. The number of ether oxygens (including phenoxy) is 4. The molecule has 2 heterocycles. The highest BCUT2D eigenvalue weighted by molar-refractivity contribution is 5.06.